The molecule has 14 heavy (non-hydrogen) atoms. The maximum absolute atomic E-state index is 9.47. The summed E-state index contributed by atoms with van der Waals surface area (Å²) in [7, 11) is 0. The molecule has 0 heterocycles. The van der Waals surface area contributed by atoms with Crippen LogP contribution in [0.1, 0.15) is 45.4 Å². The molecule has 0 radical (unpaired) electrons. The molecule has 4 unspecified atom stereocenters. The predicted molar refractivity (Wildman–Crippen MR) is 56.9 cm³/mol. The number of aliphatic hydroxyl groups is 1. The van der Waals surface area contributed by atoms with Crippen molar-refractivity contribution in [3.8, 4) is 0 Å². The minimum absolute atomic E-state index is 0.0928. The highest BCUT2D eigenvalue weighted by Gasteiger charge is 2.46. The quantitative estimate of drug-likeness (QED) is 0.667. The molecule has 0 aliphatic heterocycles. The Morgan fingerprint density at radius 3 is 2.86 bits per heavy atom. The van der Waals surface area contributed by atoms with E-state index < -0.39 is 0 Å². The SMILES string of the molecule is CC(O)CC1CC2CC1C1=C2CCC1. The fourth-order valence-corrected chi connectivity index (χ4v) is 4.22. The molecule has 0 aromatic carbocycles. The minimum Gasteiger partial charge on any atom is -0.393 e. The van der Waals surface area contributed by atoms with E-state index in [0.29, 0.717) is 0 Å². The van der Waals surface area contributed by atoms with Gasteiger partial charge in [0, 0.05) is 0 Å². The maximum Gasteiger partial charge on any atom is 0.0515 e. The zero-order valence-electron chi connectivity index (χ0n) is 9.00. The van der Waals surface area contributed by atoms with Gasteiger partial charge < -0.3 is 5.11 Å². The van der Waals surface area contributed by atoms with Gasteiger partial charge in [-0.1, -0.05) is 11.1 Å². The normalized spacial score (nSPS) is 42.0. The third-order valence-electron chi connectivity index (χ3n) is 4.58. The number of aliphatic hydroxyl groups excluding tert-OH is 1. The van der Waals surface area contributed by atoms with Gasteiger partial charge in [0.2, 0.25) is 0 Å². The highest BCUT2D eigenvalue weighted by Crippen LogP contribution is 2.58. The first-order chi connectivity index (χ1) is 6.75. The Kier molecular flexibility index (Phi) is 1.98. The predicted octanol–water partition coefficient (Wildman–Crippen LogP) is 2.89. The van der Waals surface area contributed by atoms with E-state index in [0.717, 1.165) is 24.2 Å². The topological polar surface area (TPSA) is 20.2 Å². The molecule has 1 fully saturated rings. The van der Waals surface area contributed by atoms with Crippen molar-refractivity contribution in [2.75, 3.05) is 0 Å². The smallest absolute Gasteiger partial charge is 0.0515 e. The lowest BCUT2D eigenvalue weighted by molar-refractivity contribution is 0.150. The van der Waals surface area contributed by atoms with Crippen molar-refractivity contribution in [3.63, 3.8) is 0 Å². The number of hydrogen-bond donors (Lipinski definition) is 1. The zero-order valence-corrected chi connectivity index (χ0v) is 9.00. The zero-order chi connectivity index (χ0) is 9.71. The Labute approximate surface area is 86.2 Å². The molecule has 0 saturated heterocycles. The van der Waals surface area contributed by atoms with E-state index in [9.17, 15) is 5.11 Å². The van der Waals surface area contributed by atoms with E-state index in [4.69, 9.17) is 0 Å². The van der Waals surface area contributed by atoms with Crippen molar-refractivity contribution in [2.24, 2.45) is 17.8 Å². The largest absolute Gasteiger partial charge is 0.393 e. The number of fused-ring (bicyclic) bond motifs is 4. The van der Waals surface area contributed by atoms with Crippen molar-refractivity contribution in [1.82, 2.24) is 0 Å². The Morgan fingerprint density at radius 1 is 1.29 bits per heavy atom. The van der Waals surface area contributed by atoms with E-state index in [2.05, 4.69) is 0 Å². The van der Waals surface area contributed by atoms with E-state index in [-0.39, 0.29) is 6.10 Å². The van der Waals surface area contributed by atoms with Gasteiger partial charge in [0.1, 0.15) is 0 Å². The van der Waals surface area contributed by atoms with Gasteiger partial charge in [-0.25, -0.2) is 0 Å². The first-order valence-electron chi connectivity index (χ1n) is 6.15. The van der Waals surface area contributed by atoms with Crippen LogP contribution >= 0.6 is 0 Å². The van der Waals surface area contributed by atoms with Gasteiger partial charge in [-0.05, 0) is 63.2 Å². The summed E-state index contributed by atoms with van der Waals surface area (Å²) in [5.74, 6) is 2.63. The van der Waals surface area contributed by atoms with Crippen molar-refractivity contribution in [3.05, 3.63) is 11.1 Å². The highest BCUT2D eigenvalue weighted by molar-refractivity contribution is 5.33. The lowest BCUT2D eigenvalue weighted by atomic mass is 9.82. The van der Waals surface area contributed by atoms with Gasteiger partial charge in [-0.2, -0.15) is 0 Å². The van der Waals surface area contributed by atoms with Crippen LogP contribution in [0.5, 0.6) is 0 Å². The van der Waals surface area contributed by atoms with Crippen LogP contribution in [0.15, 0.2) is 11.1 Å². The number of rotatable bonds is 2. The van der Waals surface area contributed by atoms with Crippen molar-refractivity contribution in [2.45, 2.75) is 51.6 Å². The van der Waals surface area contributed by atoms with E-state index >= 15 is 0 Å². The van der Waals surface area contributed by atoms with Crippen LogP contribution in [0.25, 0.3) is 0 Å². The van der Waals surface area contributed by atoms with Crippen molar-refractivity contribution in [1.29, 1.82) is 0 Å². The molecule has 0 aromatic rings. The van der Waals surface area contributed by atoms with Crippen LogP contribution in [0.3, 0.4) is 0 Å². The van der Waals surface area contributed by atoms with Crippen LogP contribution in [0.2, 0.25) is 0 Å². The Bertz CT molecular complexity index is 277. The second-order valence-electron chi connectivity index (χ2n) is 5.52. The fourth-order valence-electron chi connectivity index (χ4n) is 4.22. The van der Waals surface area contributed by atoms with Gasteiger partial charge in [-0.15, -0.1) is 0 Å². The monoisotopic (exact) mass is 192 g/mol. The standard InChI is InChI=1S/C13H20O/c1-8(14)5-9-6-10-7-13(9)12-4-2-3-11(10)12/h8-10,13-14H,2-7H2,1H3. The van der Waals surface area contributed by atoms with Crippen LogP contribution in [-0.4, -0.2) is 11.2 Å². The summed E-state index contributed by atoms with van der Waals surface area (Å²) in [5.41, 5.74) is 3.67. The molecular weight excluding hydrogens is 172 g/mol. The molecule has 0 aromatic heterocycles. The molecule has 78 valence electrons. The fraction of sp³-hybridized carbons (Fsp3) is 0.846. The van der Waals surface area contributed by atoms with E-state index in [1.807, 2.05) is 18.1 Å². The molecular formula is C13H20O. The molecule has 3 rings (SSSR count). The molecule has 4 atom stereocenters. The Morgan fingerprint density at radius 2 is 2.07 bits per heavy atom. The molecule has 1 saturated carbocycles. The van der Waals surface area contributed by atoms with Crippen LogP contribution in [-0.2, 0) is 0 Å². The summed E-state index contributed by atoms with van der Waals surface area (Å²) < 4.78 is 0. The minimum atomic E-state index is -0.0928. The summed E-state index contributed by atoms with van der Waals surface area (Å²) in [6.07, 6.45) is 7.96. The van der Waals surface area contributed by atoms with Crippen molar-refractivity contribution >= 4 is 0 Å². The molecule has 1 N–H and O–H groups in total. The number of allylic oxidation sites excluding steroid dienone is 2. The first-order valence-corrected chi connectivity index (χ1v) is 6.15. The average Bonchev–Trinajstić information content (AvgIpc) is 2.68. The highest BCUT2D eigenvalue weighted by atomic mass is 16.3. The van der Waals surface area contributed by atoms with Crippen LogP contribution < -0.4 is 0 Å². The van der Waals surface area contributed by atoms with Gasteiger partial charge in [-0.3, -0.25) is 0 Å². The second-order valence-corrected chi connectivity index (χ2v) is 5.52. The maximum atomic E-state index is 9.47. The van der Waals surface area contributed by atoms with E-state index in [1.54, 1.807) is 0 Å². The Hall–Kier alpha value is -0.300. The van der Waals surface area contributed by atoms with Crippen LogP contribution in [0.4, 0.5) is 0 Å². The molecule has 0 spiro atoms. The second kappa shape index (κ2) is 3.10. The third-order valence-corrected chi connectivity index (χ3v) is 4.58. The molecule has 1 nitrogen and oxygen atoms in total. The van der Waals surface area contributed by atoms with Crippen molar-refractivity contribution < 1.29 is 5.11 Å². The first kappa shape index (κ1) is 8.96. The van der Waals surface area contributed by atoms with Gasteiger partial charge >= 0.3 is 0 Å². The average molecular weight is 192 g/mol. The molecule has 0 amide bonds. The number of hydrogen-bond acceptors (Lipinski definition) is 1. The lowest BCUT2D eigenvalue weighted by Crippen LogP contribution is -2.17. The molecule has 3 aliphatic rings. The summed E-state index contributed by atoms with van der Waals surface area (Å²) in [4.78, 5) is 0. The molecule has 3 aliphatic carbocycles. The van der Waals surface area contributed by atoms with Gasteiger partial charge in [0.15, 0.2) is 0 Å². The lowest BCUT2D eigenvalue weighted by Gasteiger charge is -2.25. The Balaban J connectivity index is 1.78. The summed E-state index contributed by atoms with van der Waals surface area (Å²) in [5, 5.41) is 9.47. The van der Waals surface area contributed by atoms with Gasteiger partial charge in [0.05, 0.1) is 6.10 Å². The van der Waals surface area contributed by atoms with Crippen LogP contribution in [0, 0.1) is 17.8 Å². The molecule has 1 heteroatoms. The molecule has 2 bridgehead atoms. The summed E-state index contributed by atoms with van der Waals surface area (Å²) in [6.45, 7) is 1.94. The van der Waals surface area contributed by atoms with Gasteiger partial charge in [0.25, 0.3) is 0 Å². The third kappa shape index (κ3) is 1.18. The summed E-state index contributed by atoms with van der Waals surface area (Å²) >= 11 is 0. The summed E-state index contributed by atoms with van der Waals surface area (Å²) in [6, 6.07) is 0. The van der Waals surface area contributed by atoms with E-state index in [1.165, 1.54) is 32.1 Å².